The highest BCUT2D eigenvalue weighted by molar-refractivity contribution is 4.83. The zero-order valence-electron chi connectivity index (χ0n) is 45.5. The van der Waals surface area contributed by atoms with Gasteiger partial charge in [0, 0.05) is 67.0 Å². The Labute approximate surface area is 384 Å². The van der Waals surface area contributed by atoms with Crippen LogP contribution in [0, 0.1) is 11.3 Å². The second-order valence-electron chi connectivity index (χ2n) is 25.5. The summed E-state index contributed by atoms with van der Waals surface area (Å²) < 4.78 is 5.25. The maximum Gasteiger partial charge on any atom is 0.0594 e. The van der Waals surface area contributed by atoms with E-state index in [1.165, 1.54) is 143 Å². The largest absolute Gasteiger partial charge is 0.379 e. The molecular weight excluding hydrogens is 751 g/mol. The molecule has 61 heavy (non-hydrogen) atoms. The lowest BCUT2D eigenvalue weighted by Gasteiger charge is -2.41. The number of likely N-dealkylation sites (tertiary alicyclic amines) is 4. The van der Waals surface area contributed by atoms with Gasteiger partial charge in [-0.2, -0.15) is 0 Å². The fraction of sp³-hybridized carbons (Fsp3) is 1.00. The van der Waals surface area contributed by atoms with Crippen LogP contribution in [0.2, 0.25) is 0 Å². The summed E-state index contributed by atoms with van der Waals surface area (Å²) in [7, 11) is 4.42. The molecule has 6 aliphatic rings. The van der Waals surface area contributed by atoms with E-state index < -0.39 is 0 Å². The van der Waals surface area contributed by atoms with E-state index in [1.807, 2.05) is 0 Å². The fourth-order valence-corrected chi connectivity index (χ4v) is 9.10. The Morgan fingerprint density at radius 1 is 0.295 bits per heavy atom. The summed E-state index contributed by atoms with van der Waals surface area (Å²) in [5.74, 6) is 0.943. The highest BCUT2D eigenvalue weighted by atomic mass is 16.5. The minimum atomic E-state index is 0.323. The van der Waals surface area contributed by atoms with Crippen molar-refractivity contribution in [3.8, 4) is 0 Å². The van der Waals surface area contributed by atoms with Crippen LogP contribution in [0.25, 0.3) is 0 Å². The van der Waals surface area contributed by atoms with E-state index in [1.54, 1.807) is 0 Å². The van der Waals surface area contributed by atoms with Gasteiger partial charge in [0.2, 0.25) is 0 Å². The monoisotopic (exact) mass is 864 g/mol. The standard InChI is InChI=1S/C10H21N.C9H20N2.2C9H19N.C8H17NO.C8H17N/c1-10(2,3)9-5-7-11(4)8-6-9;1-9(2,3)11-7-5-10(4)6-8-11;2*1-9(2,3)10-7-5-4-6-8-10;1-8(2,3)9-4-6-10-7-5-9;1-8(2,3)9-6-4-5-7-9/h9H,5-8H2,1-4H3;5-8H2,1-4H3;2*4-8H2,1-3H3;4-7H2,1-3H3;4-7H2,1-3H3. The molecule has 0 saturated carbocycles. The first-order chi connectivity index (χ1) is 27.9. The summed E-state index contributed by atoms with van der Waals surface area (Å²) in [5.41, 5.74) is 2.43. The third kappa shape index (κ3) is 26.4. The van der Waals surface area contributed by atoms with Gasteiger partial charge in [-0.1, -0.05) is 33.6 Å². The van der Waals surface area contributed by atoms with Gasteiger partial charge in [-0.15, -0.1) is 0 Å². The van der Waals surface area contributed by atoms with Crippen LogP contribution < -0.4 is 0 Å². The topological polar surface area (TPSA) is 31.9 Å². The molecule has 0 atom stereocenters. The summed E-state index contributed by atoms with van der Waals surface area (Å²) in [5, 5.41) is 0. The maximum absolute atomic E-state index is 5.25. The van der Waals surface area contributed by atoms with Gasteiger partial charge in [-0.05, 0) is 233 Å². The molecule has 6 fully saturated rings. The van der Waals surface area contributed by atoms with Crippen LogP contribution >= 0.6 is 0 Å². The SMILES string of the molecule is CC(C)(C)N1CCCC1.CC(C)(C)N1CCCCC1.CC(C)(C)N1CCCCC1.CC(C)(C)N1CCOCC1.CN1CCC(C(C)(C)C)CC1.CN1CCN(C(C)(C)C)CC1. The van der Waals surface area contributed by atoms with Crippen LogP contribution in [-0.2, 0) is 4.74 Å². The molecule has 0 aromatic heterocycles. The van der Waals surface area contributed by atoms with Crippen molar-refractivity contribution in [1.29, 1.82) is 0 Å². The van der Waals surface area contributed by atoms with Gasteiger partial charge in [0.25, 0.3) is 0 Å². The minimum absolute atomic E-state index is 0.323. The highest BCUT2D eigenvalue weighted by Gasteiger charge is 2.28. The average molecular weight is 865 g/mol. The van der Waals surface area contributed by atoms with E-state index in [0.29, 0.717) is 33.1 Å². The number of nitrogens with zero attached hydrogens (tertiary/aromatic N) is 7. The van der Waals surface area contributed by atoms with Gasteiger partial charge in [0.05, 0.1) is 13.2 Å². The van der Waals surface area contributed by atoms with E-state index in [0.717, 1.165) is 32.2 Å². The Bertz CT molecular complexity index is 964. The Kier molecular flexibility index (Phi) is 26.3. The van der Waals surface area contributed by atoms with Gasteiger partial charge < -0.3 is 14.5 Å². The Morgan fingerprint density at radius 3 is 0.787 bits per heavy atom. The Hall–Kier alpha value is -0.320. The lowest BCUT2D eigenvalue weighted by molar-refractivity contribution is -0.00389. The molecule has 8 heteroatoms. The molecule has 8 nitrogen and oxygen atoms in total. The molecule has 0 aliphatic carbocycles. The third-order valence-corrected chi connectivity index (χ3v) is 14.0. The van der Waals surface area contributed by atoms with Gasteiger partial charge >= 0.3 is 0 Å². The van der Waals surface area contributed by atoms with E-state index in [-0.39, 0.29) is 0 Å². The lowest BCUT2D eigenvalue weighted by atomic mass is 9.75. The van der Waals surface area contributed by atoms with Gasteiger partial charge in [0.1, 0.15) is 0 Å². The molecular formula is C53H113N7O. The van der Waals surface area contributed by atoms with Crippen LogP contribution in [0.3, 0.4) is 0 Å². The van der Waals surface area contributed by atoms with Crippen molar-refractivity contribution in [3.63, 3.8) is 0 Å². The normalized spacial score (nSPS) is 23.4. The molecule has 0 amide bonds. The molecule has 0 N–H and O–H groups in total. The molecule has 366 valence electrons. The van der Waals surface area contributed by atoms with Crippen LogP contribution in [0.15, 0.2) is 0 Å². The summed E-state index contributed by atoms with van der Waals surface area (Å²) in [6.07, 6.45) is 14.1. The van der Waals surface area contributed by atoms with Gasteiger partial charge in [0.15, 0.2) is 0 Å². The molecule has 0 aromatic rings. The quantitative estimate of drug-likeness (QED) is 0.238. The predicted molar refractivity (Wildman–Crippen MR) is 272 cm³/mol. The molecule has 0 spiro atoms. The average Bonchev–Trinajstić information content (AvgIpc) is 3.73. The number of piperazine rings is 1. The number of hydrogen-bond acceptors (Lipinski definition) is 8. The third-order valence-electron chi connectivity index (χ3n) is 14.0. The fourth-order valence-electron chi connectivity index (χ4n) is 9.10. The number of hydrogen-bond donors (Lipinski definition) is 0. The summed E-state index contributed by atoms with van der Waals surface area (Å²) in [6, 6.07) is 0. The second-order valence-corrected chi connectivity index (χ2v) is 25.5. The van der Waals surface area contributed by atoms with Crippen molar-refractivity contribution in [2.75, 3.05) is 119 Å². The molecule has 0 radical (unpaired) electrons. The van der Waals surface area contributed by atoms with Gasteiger partial charge in [-0.3, -0.25) is 24.5 Å². The van der Waals surface area contributed by atoms with E-state index in [4.69, 9.17) is 4.74 Å². The Morgan fingerprint density at radius 2 is 0.541 bits per heavy atom. The molecule has 0 aromatic carbocycles. The van der Waals surface area contributed by atoms with Gasteiger partial charge in [-0.25, -0.2) is 0 Å². The van der Waals surface area contributed by atoms with Crippen LogP contribution in [0.4, 0.5) is 0 Å². The highest BCUT2D eigenvalue weighted by Crippen LogP contribution is 2.33. The number of rotatable bonds is 0. The minimum Gasteiger partial charge on any atom is -0.379 e. The number of morpholine rings is 1. The zero-order chi connectivity index (χ0) is 46.7. The maximum atomic E-state index is 5.25. The van der Waals surface area contributed by atoms with Crippen molar-refractivity contribution in [2.45, 2.75) is 217 Å². The Balaban J connectivity index is 0.000000366. The molecule has 0 unspecified atom stereocenters. The van der Waals surface area contributed by atoms with Crippen molar-refractivity contribution in [1.82, 2.24) is 34.3 Å². The van der Waals surface area contributed by atoms with Crippen molar-refractivity contribution >= 4 is 0 Å². The smallest absolute Gasteiger partial charge is 0.0594 e. The summed E-state index contributed by atoms with van der Waals surface area (Å²) >= 11 is 0. The summed E-state index contributed by atoms with van der Waals surface area (Å²) in [4.78, 5) is 17.5. The molecule has 6 heterocycles. The van der Waals surface area contributed by atoms with E-state index in [9.17, 15) is 0 Å². The van der Waals surface area contributed by atoms with Crippen LogP contribution in [0.5, 0.6) is 0 Å². The number of ether oxygens (including phenoxy) is 1. The number of piperidine rings is 3. The molecule has 0 bridgehead atoms. The number of likely N-dealkylation sites (N-methyl/N-ethyl adjacent to an activating group) is 1. The first kappa shape index (κ1) is 58.7. The van der Waals surface area contributed by atoms with Crippen molar-refractivity contribution < 1.29 is 4.74 Å². The first-order valence-corrected chi connectivity index (χ1v) is 25.6. The lowest BCUT2D eigenvalue weighted by Crippen LogP contribution is -2.52. The molecule has 6 aliphatic heterocycles. The van der Waals surface area contributed by atoms with Crippen LogP contribution in [-0.4, -0.2) is 181 Å². The zero-order valence-corrected chi connectivity index (χ0v) is 45.5. The molecule has 6 rings (SSSR count). The van der Waals surface area contributed by atoms with Crippen molar-refractivity contribution in [3.05, 3.63) is 0 Å². The summed E-state index contributed by atoms with van der Waals surface area (Å²) in [6.45, 7) is 60.7. The van der Waals surface area contributed by atoms with Crippen molar-refractivity contribution in [2.24, 2.45) is 11.3 Å². The second kappa shape index (κ2) is 27.4. The predicted octanol–water partition coefficient (Wildman–Crippen LogP) is 10.9. The van der Waals surface area contributed by atoms with E-state index >= 15 is 0 Å². The molecule has 6 saturated heterocycles. The van der Waals surface area contributed by atoms with E-state index in [2.05, 4.69) is 173 Å². The van der Waals surface area contributed by atoms with Crippen LogP contribution in [0.1, 0.15) is 189 Å². The first-order valence-electron chi connectivity index (χ1n) is 25.6.